The number of hydrogen-bond acceptors (Lipinski definition) is 2. The molecule has 2 rings (SSSR count). The van der Waals surface area contributed by atoms with E-state index in [4.69, 9.17) is 16.0 Å². The van der Waals surface area contributed by atoms with Gasteiger partial charge in [0.25, 0.3) is 0 Å². The molecule has 82 valence electrons. The molecule has 0 aliphatic carbocycles. The van der Waals surface area contributed by atoms with Crippen molar-refractivity contribution in [1.29, 1.82) is 0 Å². The fourth-order valence-electron chi connectivity index (χ4n) is 1.87. The zero-order valence-corrected chi connectivity index (χ0v) is 9.24. The molecule has 1 aliphatic heterocycles. The Morgan fingerprint density at radius 2 is 2.47 bits per heavy atom. The standard InChI is InChI=1S/C11H14ClNO2/c12-6-10-5-11(14)13(7-10)3-1-9-2-4-15-8-9/h2,4,8,10H,1,3,5-7H2. The van der Waals surface area contributed by atoms with Gasteiger partial charge in [-0.2, -0.15) is 0 Å². The molecule has 1 aromatic rings. The SMILES string of the molecule is O=C1CC(CCl)CN1CCc1ccoc1. The maximum Gasteiger partial charge on any atom is 0.222 e. The molecule has 1 unspecified atom stereocenters. The first kappa shape index (κ1) is 10.6. The molecule has 0 spiro atoms. The molecule has 4 heteroatoms. The minimum atomic E-state index is 0.226. The largest absolute Gasteiger partial charge is 0.472 e. The van der Waals surface area contributed by atoms with Crippen molar-refractivity contribution in [2.75, 3.05) is 19.0 Å². The van der Waals surface area contributed by atoms with Gasteiger partial charge in [-0.1, -0.05) is 0 Å². The van der Waals surface area contributed by atoms with Crippen LogP contribution in [-0.4, -0.2) is 29.8 Å². The number of carbonyl (C=O) groups excluding carboxylic acids is 1. The van der Waals surface area contributed by atoms with E-state index in [2.05, 4.69) is 0 Å². The quantitative estimate of drug-likeness (QED) is 0.737. The number of nitrogens with zero attached hydrogens (tertiary/aromatic N) is 1. The maximum atomic E-state index is 11.5. The van der Waals surface area contributed by atoms with E-state index in [0.717, 1.165) is 25.1 Å². The van der Waals surface area contributed by atoms with E-state index in [-0.39, 0.29) is 5.91 Å². The van der Waals surface area contributed by atoms with Gasteiger partial charge in [0.1, 0.15) is 0 Å². The summed E-state index contributed by atoms with van der Waals surface area (Å²) in [5, 5.41) is 0. The van der Waals surface area contributed by atoms with E-state index in [9.17, 15) is 4.79 Å². The van der Waals surface area contributed by atoms with Crippen LogP contribution in [0, 0.1) is 5.92 Å². The smallest absolute Gasteiger partial charge is 0.222 e. The van der Waals surface area contributed by atoms with Crippen LogP contribution < -0.4 is 0 Å². The summed E-state index contributed by atoms with van der Waals surface area (Å²) in [7, 11) is 0. The molecule has 0 saturated carbocycles. The van der Waals surface area contributed by atoms with Crippen LogP contribution in [0.2, 0.25) is 0 Å². The second kappa shape index (κ2) is 4.71. The molecule has 0 N–H and O–H groups in total. The van der Waals surface area contributed by atoms with Crippen molar-refractivity contribution in [3.63, 3.8) is 0 Å². The Balaban J connectivity index is 1.83. The first-order valence-electron chi connectivity index (χ1n) is 5.14. The molecule has 1 aromatic heterocycles. The molecule has 15 heavy (non-hydrogen) atoms. The molecule has 1 amide bonds. The highest BCUT2D eigenvalue weighted by Gasteiger charge is 2.28. The Hall–Kier alpha value is -0.960. The molecule has 1 aliphatic rings. The maximum absolute atomic E-state index is 11.5. The normalized spacial score (nSPS) is 21.3. The number of rotatable bonds is 4. The van der Waals surface area contributed by atoms with Crippen molar-refractivity contribution in [3.05, 3.63) is 24.2 Å². The van der Waals surface area contributed by atoms with Crippen molar-refractivity contribution >= 4 is 17.5 Å². The predicted octanol–water partition coefficient (Wildman–Crippen LogP) is 1.91. The van der Waals surface area contributed by atoms with Crippen LogP contribution in [0.5, 0.6) is 0 Å². The lowest BCUT2D eigenvalue weighted by atomic mass is 10.1. The van der Waals surface area contributed by atoms with Gasteiger partial charge in [-0.05, 0) is 24.0 Å². The van der Waals surface area contributed by atoms with E-state index < -0.39 is 0 Å². The summed E-state index contributed by atoms with van der Waals surface area (Å²) in [6.07, 6.45) is 4.84. The summed E-state index contributed by atoms with van der Waals surface area (Å²) < 4.78 is 4.97. The fourth-order valence-corrected chi connectivity index (χ4v) is 2.08. The summed E-state index contributed by atoms with van der Waals surface area (Å²) in [5.74, 6) is 1.14. The van der Waals surface area contributed by atoms with Crippen LogP contribution in [0.3, 0.4) is 0 Å². The molecule has 0 bridgehead atoms. The van der Waals surface area contributed by atoms with Crippen LogP contribution in [-0.2, 0) is 11.2 Å². The summed E-state index contributed by atoms with van der Waals surface area (Å²) >= 11 is 5.74. The number of amides is 1. The van der Waals surface area contributed by atoms with Crippen LogP contribution >= 0.6 is 11.6 Å². The van der Waals surface area contributed by atoms with Crippen molar-refractivity contribution < 1.29 is 9.21 Å². The Labute approximate surface area is 94.0 Å². The summed E-state index contributed by atoms with van der Waals surface area (Å²) in [4.78, 5) is 13.4. The van der Waals surface area contributed by atoms with Gasteiger partial charge in [0.05, 0.1) is 12.5 Å². The third kappa shape index (κ3) is 2.53. The number of hydrogen-bond donors (Lipinski definition) is 0. The third-order valence-corrected chi connectivity index (χ3v) is 3.20. The number of likely N-dealkylation sites (tertiary alicyclic amines) is 1. The van der Waals surface area contributed by atoms with Gasteiger partial charge in [0.2, 0.25) is 5.91 Å². The third-order valence-electron chi connectivity index (χ3n) is 2.76. The minimum Gasteiger partial charge on any atom is -0.472 e. The van der Waals surface area contributed by atoms with Crippen molar-refractivity contribution in [3.8, 4) is 0 Å². The Morgan fingerprint density at radius 3 is 3.07 bits per heavy atom. The lowest BCUT2D eigenvalue weighted by Gasteiger charge is -2.15. The lowest BCUT2D eigenvalue weighted by Crippen LogP contribution is -2.27. The monoisotopic (exact) mass is 227 g/mol. The Bertz CT molecular complexity index is 323. The first-order valence-corrected chi connectivity index (χ1v) is 5.68. The summed E-state index contributed by atoms with van der Waals surface area (Å²) in [5.41, 5.74) is 1.14. The van der Waals surface area contributed by atoms with Crippen LogP contribution in [0.4, 0.5) is 0 Å². The molecule has 0 radical (unpaired) electrons. The van der Waals surface area contributed by atoms with Gasteiger partial charge >= 0.3 is 0 Å². The highest BCUT2D eigenvalue weighted by molar-refractivity contribution is 6.18. The van der Waals surface area contributed by atoms with Crippen LogP contribution in [0.15, 0.2) is 23.0 Å². The fraction of sp³-hybridized carbons (Fsp3) is 0.545. The Morgan fingerprint density at radius 1 is 1.60 bits per heavy atom. The summed E-state index contributed by atoms with van der Waals surface area (Å²) in [6, 6.07) is 1.93. The lowest BCUT2D eigenvalue weighted by molar-refractivity contribution is -0.127. The second-order valence-corrected chi connectivity index (χ2v) is 4.25. The molecule has 1 saturated heterocycles. The van der Waals surface area contributed by atoms with Crippen molar-refractivity contribution in [2.24, 2.45) is 5.92 Å². The van der Waals surface area contributed by atoms with E-state index in [1.165, 1.54) is 0 Å². The number of carbonyl (C=O) groups is 1. The molecule has 1 fully saturated rings. The average Bonchev–Trinajstić information content (AvgIpc) is 2.84. The number of halogens is 1. The van der Waals surface area contributed by atoms with E-state index in [1.807, 2.05) is 11.0 Å². The van der Waals surface area contributed by atoms with Gasteiger partial charge in [0.15, 0.2) is 0 Å². The van der Waals surface area contributed by atoms with Gasteiger partial charge < -0.3 is 9.32 Å². The average molecular weight is 228 g/mol. The highest BCUT2D eigenvalue weighted by Crippen LogP contribution is 2.19. The second-order valence-electron chi connectivity index (χ2n) is 3.95. The molecule has 2 heterocycles. The van der Waals surface area contributed by atoms with Gasteiger partial charge in [-0.25, -0.2) is 0 Å². The molecule has 0 aromatic carbocycles. The zero-order chi connectivity index (χ0) is 10.7. The molecule has 3 nitrogen and oxygen atoms in total. The number of furan rings is 1. The van der Waals surface area contributed by atoms with Crippen molar-refractivity contribution in [2.45, 2.75) is 12.8 Å². The minimum absolute atomic E-state index is 0.226. The topological polar surface area (TPSA) is 33.5 Å². The van der Waals surface area contributed by atoms with Gasteiger partial charge in [-0.15, -0.1) is 11.6 Å². The highest BCUT2D eigenvalue weighted by atomic mass is 35.5. The van der Waals surface area contributed by atoms with Gasteiger partial charge in [0, 0.05) is 25.4 Å². The van der Waals surface area contributed by atoms with Crippen LogP contribution in [0.1, 0.15) is 12.0 Å². The van der Waals surface area contributed by atoms with E-state index in [1.54, 1.807) is 12.5 Å². The predicted molar refractivity (Wildman–Crippen MR) is 57.8 cm³/mol. The zero-order valence-electron chi connectivity index (χ0n) is 8.49. The van der Waals surface area contributed by atoms with Crippen LogP contribution in [0.25, 0.3) is 0 Å². The molecular weight excluding hydrogens is 214 g/mol. The van der Waals surface area contributed by atoms with E-state index >= 15 is 0 Å². The van der Waals surface area contributed by atoms with E-state index in [0.29, 0.717) is 18.2 Å². The molecule has 1 atom stereocenters. The molecular formula is C11H14ClNO2. The Kier molecular flexibility index (Phi) is 3.31. The first-order chi connectivity index (χ1) is 7.29. The summed E-state index contributed by atoms with van der Waals surface area (Å²) in [6.45, 7) is 1.58. The van der Waals surface area contributed by atoms with Crippen molar-refractivity contribution in [1.82, 2.24) is 4.90 Å². The number of alkyl halides is 1. The van der Waals surface area contributed by atoms with Gasteiger partial charge in [-0.3, -0.25) is 4.79 Å².